The number of ketones is 1. The summed E-state index contributed by atoms with van der Waals surface area (Å²) in [5, 5.41) is 2.55. The molecule has 1 heteroatoms. The second-order valence-corrected chi connectivity index (χ2v) is 4.58. The monoisotopic (exact) mass is 210 g/mol. The van der Waals surface area contributed by atoms with E-state index in [0.29, 0.717) is 11.7 Å². The highest BCUT2D eigenvalue weighted by atomic mass is 16.1. The second kappa shape index (κ2) is 3.75. The van der Waals surface area contributed by atoms with Gasteiger partial charge in [-0.05, 0) is 28.7 Å². The molecule has 1 aliphatic rings. The third-order valence-corrected chi connectivity index (χ3v) is 3.49. The van der Waals surface area contributed by atoms with Crippen LogP contribution in [0.2, 0.25) is 0 Å². The Kier molecular flexibility index (Phi) is 2.24. The van der Waals surface area contributed by atoms with Crippen molar-refractivity contribution in [2.24, 2.45) is 0 Å². The average Bonchev–Trinajstić information content (AvgIpc) is 2.75. The van der Waals surface area contributed by atoms with Gasteiger partial charge in [-0.15, -0.1) is 0 Å². The number of fused-ring (bicyclic) bond motifs is 1. The van der Waals surface area contributed by atoms with E-state index in [-0.39, 0.29) is 0 Å². The van der Waals surface area contributed by atoms with Crippen LogP contribution in [0, 0.1) is 0 Å². The fourth-order valence-electron chi connectivity index (χ4n) is 2.56. The Hall–Kier alpha value is -1.63. The van der Waals surface area contributed by atoms with Crippen LogP contribution in [0.15, 0.2) is 42.5 Å². The number of hydrogen-bond acceptors (Lipinski definition) is 1. The number of carbonyl (C=O) groups is 1. The van der Waals surface area contributed by atoms with Crippen LogP contribution in [-0.4, -0.2) is 5.78 Å². The molecule has 0 heterocycles. The number of carbonyl (C=O) groups excluding carboxylic acids is 1. The first kappa shape index (κ1) is 9.59. The van der Waals surface area contributed by atoms with Crippen LogP contribution < -0.4 is 0 Å². The van der Waals surface area contributed by atoms with E-state index in [1.807, 2.05) is 0 Å². The van der Waals surface area contributed by atoms with E-state index >= 15 is 0 Å². The van der Waals surface area contributed by atoms with Crippen molar-refractivity contribution in [2.75, 3.05) is 0 Å². The Morgan fingerprint density at radius 3 is 2.56 bits per heavy atom. The lowest BCUT2D eigenvalue weighted by molar-refractivity contribution is -0.117. The Balaban J connectivity index is 2.02. The van der Waals surface area contributed by atoms with E-state index in [4.69, 9.17) is 0 Å². The van der Waals surface area contributed by atoms with Gasteiger partial charge in [0.05, 0.1) is 0 Å². The lowest BCUT2D eigenvalue weighted by atomic mass is 9.95. The summed E-state index contributed by atoms with van der Waals surface area (Å²) in [6, 6.07) is 14.9. The van der Waals surface area contributed by atoms with Gasteiger partial charge in [-0.1, -0.05) is 42.5 Å². The molecule has 0 amide bonds. The van der Waals surface area contributed by atoms with Gasteiger partial charge >= 0.3 is 0 Å². The van der Waals surface area contributed by atoms with Crippen molar-refractivity contribution in [2.45, 2.75) is 25.2 Å². The van der Waals surface area contributed by atoms with Gasteiger partial charge in [0.1, 0.15) is 5.78 Å². The molecule has 0 radical (unpaired) electrons. The first-order valence-corrected chi connectivity index (χ1v) is 5.83. The molecule has 80 valence electrons. The predicted molar refractivity (Wildman–Crippen MR) is 65.5 cm³/mol. The first-order chi connectivity index (χ1) is 7.83. The fourth-order valence-corrected chi connectivity index (χ4v) is 2.56. The van der Waals surface area contributed by atoms with Crippen molar-refractivity contribution < 1.29 is 4.79 Å². The summed E-state index contributed by atoms with van der Waals surface area (Å²) in [5.41, 5.74) is 1.32. The van der Waals surface area contributed by atoms with Crippen molar-refractivity contribution in [3.63, 3.8) is 0 Å². The van der Waals surface area contributed by atoms with Crippen LogP contribution in [0.25, 0.3) is 10.8 Å². The van der Waals surface area contributed by atoms with Gasteiger partial charge < -0.3 is 0 Å². The van der Waals surface area contributed by atoms with Gasteiger partial charge in [-0.2, -0.15) is 0 Å². The molecule has 1 nitrogen and oxygen atoms in total. The molecule has 0 spiro atoms. The summed E-state index contributed by atoms with van der Waals surface area (Å²) >= 11 is 0. The van der Waals surface area contributed by atoms with Crippen molar-refractivity contribution in [3.8, 4) is 0 Å². The molecule has 3 rings (SSSR count). The Bertz CT molecular complexity index is 542. The number of benzene rings is 2. The van der Waals surface area contributed by atoms with Crippen LogP contribution in [-0.2, 0) is 4.79 Å². The highest BCUT2D eigenvalue weighted by Crippen LogP contribution is 2.33. The standard InChI is InChI=1S/C15H14O/c16-15-8-7-14(10-15)13-6-5-11-3-1-2-4-12(11)9-13/h1-6,9,14H,7-8,10H2/t14-/m1/s1. The van der Waals surface area contributed by atoms with Crippen LogP contribution in [0.5, 0.6) is 0 Å². The molecule has 1 atom stereocenters. The lowest BCUT2D eigenvalue weighted by Crippen LogP contribution is -1.93. The summed E-state index contributed by atoms with van der Waals surface area (Å²) in [7, 11) is 0. The zero-order chi connectivity index (χ0) is 11.0. The third-order valence-electron chi connectivity index (χ3n) is 3.49. The quantitative estimate of drug-likeness (QED) is 0.701. The topological polar surface area (TPSA) is 17.1 Å². The Labute approximate surface area is 95.1 Å². The molecular weight excluding hydrogens is 196 g/mol. The Morgan fingerprint density at radius 1 is 1.00 bits per heavy atom. The predicted octanol–water partition coefficient (Wildman–Crippen LogP) is 3.68. The number of rotatable bonds is 1. The van der Waals surface area contributed by atoms with E-state index in [1.54, 1.807) is 0 Å². The maximum Gasteiger partial charge on any atom is 0.133 e. The molecule has 0 bridgehead atoms. The molecule has 2 aromatic carbocycles. The molecule has 1 aliphatic carbocycles. The molecule has 16 heavy (non-hydrogen) atoms. The summed E-state index contributed by atoms with van der Waals surface area (Å²) in [5.74, 6) is 0.871. The molecule has 0 aromatic heterocycles. The minimum Gasteiger partial charge on any atom is -0.300 e. The lowest BCUT2D eigenvalue weighted by Gasteiger charge is -2.09. The largest absolute Gasteiger partial charge is 0.300 e. The van der Waals surface area contributed by atoms with Crippen LogP contribution in [0.4, 0.5) is 0 Å². The van der Waals surface area contributed by atoms with Crippen molar-refractivity contribution in [1.29, 1.82) is 0 Å². The zero-order valence-corrected chi connectivity index (χ0v) is 9.15. The molecule has 0 unspecified atom stereocenters. The van der Waals surface area contributed by atoms with Gasteiger partial charge in [0.2, 0.25) is 0 Å². The van der Waals surface area contributed by atoms with Gasteiger partial charge in [0.15, 0.2) is 0 Å². The minimum absolute atomic E-state index is 0.415. The third kappa shape index (κ3) is 1.63. The van der Waals surface area contributed by atoms with E-state index in [2.05, 4.69) is 42.5 Å². The molecule has 1 fully saturated rings. The number of hydrogen-bond donors (Lipinski definition) is 0. The summed E-state index contributed by atoms with van der Waals surface area (Å²) < 4.78 is 0. The first-order valence-electron chi connectivity index (χ1n) is 5.83. The summed E-state index contributed by atoms with van der Waals surface area (Å²) in [6.45, 7) is 0. The van der Waals surface area contributed by atoms with Crippen molar-refractivity contribution >= 4 is 16.6 Å². The second-order valence-electron chi connectivity index (χ2n) is 4.58. The average molecular weight is 210 g/mol. The fraction of sp³-hybridized carbons (Fsp3) is 0.267. The van der Waals surface area contributed by atoms with Gasteiger partial charge in [-0.25, -0.2) is 0 Å². The molecular formula is C15H14O. The van der Waals surface area contributed by atoms with E-state index in [9.17, 15) is 4.79 Å². The van der Waals surface area contributed by atoms with Gasteiger partial charge in [0.25, 0.3) is 0 Å². The molecule has 0 saturated heterocycles. The molecule has 1 saturated carbocycles. The SMILES string of the molecule is O=C1CC[C@@H](c2ccc3ccccc3c2)C1. The Morgan fingerprint density at radius 2 is 1.81 bits per heavy atom. The normalized spacial score (nSPS) is 20.5. The number of Topliss-reactive ketones (excluding diaryl/α,β-unsaturated/α-hetero) is 1. The van der Waals surface area contributed by atoms with Crippen LogP contribution >= 0.6 is 0 Å². The van der Waals surface area contributed by atoms with E-state index in [0.717, 1.165) is 19.3 Å². The van der Waals surface area contributed by atoms with Gasteiger partial charge in [0, 0.05) is 12.8 Å². The summed E-state index contributed by atoms with van der Waals surface area (Å²) in [6.07, 6.45) is 2.52. The van der Waals surface area contributed by atoms with Gasteiger partial charge in [-0.3, -0.25) is 4.79 Å². The molecule has 2 aromatic rings. The van der Waals surface area contributed by atoms with E-state index < -0.39 is 0 Å². The highest BCUT2D eigenvalue weighted by Gasteiger charge is 2.23. The summed E-state index contributed by atoms with van der Waals surface area (Å²) in [4.78, 5) is 11.3. The smallest absolute Gasteiger partial charge is 0.133 e. The molecule has 0 N–H and O–H groups in total. The maximum absolute atomic E-state index is 11.3. The molecule has 0 aliphatic heterocycles. The maximum atomic E-state index is 11.3. The highest BCUT2D eigenvalue weighted by molar-refractivity contribution is 5.85. The van der Waals surface area contributed by atoms with E-state index in [1.165, 1.54) is 16.3 Å². The van der Waals surface area contributed by atoms with Crippen molar-refractivity contribution in [1.82, 2.24) is 0 Å². The van der Waals surface area contributed by atoms with Crippen molar-refractivity contribution in [3.05, 3.63) is 48.0 Å². The minimum atomic E-state index is 0.415. The zero-order valence-electron chi connectivity index (χ0n) is 9.15. The van der Waals surface area contributed by atoms with Crippen LogP contribution in [0.1, 0.15) is 30.7 Å². The van der Waals surface area contributed by atoms with Crippen LogP contribution in [0.3, 0.4) is 0 Å².